The van der Waals surface area contributed by atoms with Gasteiger partial charge in [-0.2, -0.15) is 0 Å². The van der Waals surface area contributed by atoms with E-state index in [1.54, 1.807) is 6.07 Å². The third-order valence-corrected chi connectivity index (χ3v) is 5.27. The van der Waals surface area contributed by atoms with E-state index in [9.17, 15) is 9.59 Å². The predicted octanol–water partition coefficient (Wildman–Crippen LogP) is 1.94. The van der Waals surface area contributed by atoms with Crippen molar-refractivity contribution in [2.75, 3.05) is 25.5 Å². The van der Waals surface area contributed by atoms with Gasteiger partial charge in [-0.25, -0.2) is 0 Å². The molecule has 1 fully saturated rings. The van der Waals surface area contributed by atoms with Gasteiger partial charge >= 0.3 is 0 Å². The minimum Gasteiger partial charge on any atom is -0.351 e. The molecule has 0 radical (unpaired) electrons. The van der Waals surface area contributed by atoms with Crippen LogP contribution in [0.2, 0.25) is 0 Å². The minimum atomic E-state index is -0.0927. The molecule has 1 aromatic carbocycles. The lowest BCUT2D eigenvalue weighted by molar-refractivity contribution is -0.115. The largest absolute Gasteiger partial charge is 0.351 e. The number of thioether (sulfide) groups is 1. The zero-order valence-electron chi connectivity index (χ0n) is 12.9. The van der Waals surface area contributed by atoms with E-state index in [0.717, 1.165) is 17.1 Å². The fourth-order valence-corrected chi connectivity index (χ4v) is 3.43. The Morgan fingerprint density at radius 3 is 2.95 bits per heavy atom. The van der Waals surface area contributed by atoms with Gasteiger partial charge in [0.05, 0.1) is 10.9 Å². The molecule has 22 heavy (non-hydrogen) atoms. The van der Waals surface area contributed by atoms with E-state index in [1.807, 2.05) is 19.1 Å². The molecule has 2 aliphatic rings. The Kier molecular flexibility index (Phi) is 4.40. The third kappa shape index (κ3) is 3.44. The van der Waals surface area contributed by atoms with E-state index >= 15 is 0 Å². The van der Waals surface area contributed by atoms with Crippen molar-refractivity contribution in [3.05, 3.63) is 23.8 Å². The molecule has 0 saturated heterocycles. The lowest BCUT2D eigenvalue weighted by Gasteiger charge is -2.21. The summed E-state index contributed by atoms with van der Waals surface area (Å²) in [4.78, 5) is 27.2. The predicted molar refractivity (Wildman–Crippen MR) is 88.4 cm³/mol. The lowest BCUT2D eigenvalue weighted by Crippen LogP contribution is -2.34. The first kappa shape index (κ1) is 15.4. The second kappa shape index (κ2) is 6.30. The molecule has 0 aromatic heterocycles. The monoisotopic (exact) mass is 319 g/mol. The van der Waals surface area contributed by atoms with E-state index in [2.05, 4.69) is 22.6 Å². The van der Waals surface area contributed by atoms with E-state index in [0.29, 0.717) is 18.2 Å². The summed E-state index contributed by atoms with van der Waals surface area (Å²) in [6.45, 7) is 3.38. The van der Waals surface area contributed by atoms with Crippen molar-refractivity contribution in [1.82, 2.24) is 10.2 Å². The van der Waals surface area contributed by atoms with Crippen molar-refractivity contribution in [2.45, 2.75) is 36.0 Å². The van der Waals surface area contributed by atoms with Crippen LogP contribution >= 0.6 is 11.8 Å². The normalized spacial score (nSPS) is 20.5. The van der Waals surface area contributed by atoms with Crippen LogP contribution in [-0.2, 0) is 4.79 Å². The molecule has 1 aliphatic carbocycles. The molecule has 3 rings (SSSR count). The van der Waals surface area contributed by atoms with Gasteiger partial charge in [-0.1, -0.05) is 0 Å². The molecule has 5 nitrogen and oxygen atoms in total. The van der Waals surface area contributed by atoms with Crippen LogP contribution in [0.25, 0.3) is 0 Å². The van der Waals surface area contributed by atoms with Gasteiger partial charge in [0.2, 0.25) is 5.91 Å². The summed E-state index contributed by atoms with van der Waals surface area (Å²) >= 11 is 1.52. The first-order valence-electron chi connectivity index (χ1n) is 7.64. The second-order valence-corrected chi connectivity index (χ2v) is 7.31. The molecular formula is C16H21N3O2S. The average molecular weight is 319 g/mol. The van der Waals surface area contributed by atoms with Gasteiger partial charge in [-0.15, -0.1) is 11.8 Å². The van der Waals surface area contributed by atoms with Crippen LogP contribution in [0, 0.1) is 0 Å². The van der Waals surface area contributed by atoms with Crippen molar-refractivity contribution in [1.29, 1.82) is 0 Å². The molecule has 0 spiro atoms. The highest BCUT2D eigenvalue weighted by atomic mass is 32.2. The number of benzene rings is 1. The molecule has 1 aliphatic heterocycles. The van der Waals surface area contributed by atoms with Crippen molar-refractivity contribution in [3.63, 3.8) is 0 Å². The maximum absolute atomic E-state index is 12.2. The van der Waals surface area contributed by atoms with E-state index < -0.39 is 0 Å². The van der Waals surface area contributed by atoms with Gasteiger partial charge < -0.3 is 15.5 Å². The number of nitrogens with one attached hydrogen (secondary N) is 2. The van der Waals surface area contributed by atoms with Crippen molar-refractivity contribution in [2.24, 2.45) is 0 Å². The number of fused-ring (bicyclic) bond motifs is 1. The Hall–Kier alpha value is -1.53. The van der Waals surface area contributed by atoms with Gasteiger partial charge in [0.1, 0.15) is 0 Å². The quantitative estimate of drug-likeness (QED) is 0.871. The zero-order valence-corrected chi connectivity index (χ0v) is 13.7. The molecule has 1 unspecified atom stereocenters. The Morgan fingerprint density at radius 1 is 1.45 bits per heavy atom. The molecule has 1 saturated carbocycles. The number of nitrogens with zero attached hydrogens (tertiary/aromatic N) is 1. The SMILES string of the molecule is CC1Sc2ccc(C(=O)NCCN(C)C3CC3)cc2NC1=O. The maximum Gasteiger partial charge on any atom is 0.251 e. The fourth-order valence-electron chi connectivity index (χ4n) is 2.50. The molecule has 118 valence electrons. The number of rotatable bonds is 5. The second-order valence-electron chi connectivity index (χ2n) is 5.93. The molecule has 1 aromatic rings. The average Bonchev–Trinajstić information content (AvgIpc) is 3.32. The van der Waals surface area contributed by atoms with E-state index in [-0.39, 0.29) is 17.1 Å². The molecule has 1 atom stereocenters. The molecule has 6 heteroatoms. The first-order chi connectivity index (χ1) is 10.5. The number of hydrogen-bond acceptors (Lipinski definition) is 4. The summed E-state index contributed by atoms with van der Waals surface area (Å²) in [5.74, 6) is -0.106. The minimum absolute atomic E-state index is 0.0129. The van der Waals surface area contributed by atoms with Gasteiger partial charge in [0.15, 0.2) is 0 Å². The zero-order chi connectivity index (χ0) is 15.7. The Balaban J connectivity index is 1.58. The highest BCUT2D eigenvalue weighted by Crippen LogP contribution is 2.35. The van der Waals surface area contributed by atoms with Gasteiger partial charge in [-0.05, 0) is 45.0 Å². The topological polar surface area (TPSA) is 61.4 Å². The summed E-state index contributed by atoms with van der Waals surface area (Å²) in [6, 6.07) is 6.18. The van der Waals surface area contributed by atoms with E-state index in [1.165, 1.54) is 24.6 Å². The Bertz CT molecular complexity index is 601. The number of likely N-dealkylation sites (N-methyl/N-ethyl adjacent to an activating group) is 1. The standard InChI is InChI=1S/C16H21N3O2S/c1-10-15(20)18-13-9-11(3-6-14(13)22-10)16(21)17-7-8-19(2)12-4-5-12/h3,6,9-10,12H,4-5,7-8H2,1-2H3,(H,17,21)(H,18,20). The maximum atomic E-state index is 12.2. The lowest BCUT2D eigenvalue weighted by atomic mass is 10.1. The summed E-state index contributed by atoms with van der Waals surface area (Å²) in [7, 11) is 2.09. The third-order valence-electron chi connectivity index (χ3n) is 4.09. The van der Waals surface area contributed by atoms with Gasteiger partial charge in [-0.3, -0.25) is 9.59 Å². The van der Waals surface area contributed by atoms with Crippen LogP contribution in [-0.4, -0.2) is 48.1 Å². The van der Waals surface area contributed by atoms with Crippen LogP contribution in [0.3, 0.4) is 0 Å². The van der Waals surface area contributed by atoms with Gasteiger partial charge in [0.25, 0.3) is 5.91 Å². The highest BCUT2D eigenvalue weighted by molar-refractivity contribution is 8.00. The van der Waals surface area contributed by atoms with Crippen LogP contribution < -0.4 is 10.6 Å². The van der Waals surface area contributed by atoms with E-state index in [4.69, 9.17) is 0 Å². The van der Waals surface area contributed by atoms with Crippen molar-refractivity contribution >= 4 is 29.3 Å². The molecular weight excluding hydrogens is 298 g/mol. The number of hydrogen-bond donors (Lipinski definition) is 2. The molecule has 0 bridgehead atoms. The summed E-state index contributed by atoms with van der Waals surface area (Å²) in [6.07, 6.45) is 2.54. The Morgan fingerprint density at radius 2 is 2.23 bits per heavy atom. The summed E-state index contributed by atoms with van der Waals surface area (Å²) in [5, 5.41) is 5.70. The van der Waals surface area contributed by atoms with Crippen molar-refractivity contribution in [3.8, 4) is 0 Å². The number of anilines is 1. The summed E-state index contributed by atoms with van der Waals surface area (Å²) in [5.41, 5.74) is 1.32. The summed E-state index contributed by atoms with van der Waals surface area (Å²) < 4.78 is 0. The van der Waals surface area contributed by atoms with Crippen LogP contribution in [0.5, 0.6) is 0 Å². The number of amides is 2. The molecule has 1 heterocycles. The van der Waals surface area contributed by atoms with Crippen LogP contribution in [0.4, 0.5) is 5.69 Å². The number of carbonyl (C=O) groups excluding carboxylic acids is 2. The highest BCUT2D eigenvalue weighted by Gasteiger charge is 2.26. The number of carbonyl (C=O) groups is 2. The first-order valence-corrected chi connectivity index (χ1v) is 8.52. The smallest absolute Gasteiger partial charge is 0.251 e. The molecule has 2 N–H and O–H groups in total. The van der Waals surface area contributed by atoms with Crippen LogP contribution in [0.15, 0.2) is 23.1 Å². The van der Waals surface area contributed by atoms with Crippen molar-refractivity contribution < 1.29 is 9.59 Å². The fraction of sp³-hybridized carbons (Fsp3) is 0.500. The van der Waals surface area contributed by atoms with Crippen LogP contribution in [0.1, 0.15) is 30.1 Å². The molecule has 2 amide bonds. The van der Waals surface area contributed by atoms with Gasteiger partial charge in [0, 0.05) is 29.6 Å². The Labute approximate surface area is 134 Å².